The van der Waals surface area contributed by atoms with Gasteiger partial charge in [-0.1, -0.05) is 0 Å². The van der Waals surface area contributed by atoms with Crippen LogP contribution in [0.5, 0.6) is 5.75 Å². The first kappa shape index (κ1) is 27.9. The normalized spacial score (nSPS) is 23.4. The molecule has 1 aromatic carbocycles. The number of rotatable bonds is 9. The molecule has 0 bridgehead atoms. The molecule has 12 heteroatoms. The molecule has 202 valence electrons. The third-order valence-corrected chi connectivity index (χ3v) is 5.65. The molecule has 3 rings (SSSR count). The van der Waals surface area contributed by atoms with Gasteiger partial charge in [0, 0.05) is 44.4 Å². The summed E-state index contributed by atoms with van der Waals surface area (Å²) in [5, 5.41) is 0.915. The van der Waals surface area contributed by atoms with Gasteiger partial charge in [0.25, 0.3) is 0 Å². The number of ether oxygens (including phenoxy) is 6. The number of esters is 4. The van der Waals surface area contributed by atoms with Gasteiger partial charge in [-0.3, -0.25) is 14.4 Å². The second kappa shape index (κ2) is 12.1. The van der Waals surface area contributed by atoms with Crippen LogP contribution in [-0.2, 0) is 49.3 Å². The Morgan fingerprint density at radius 1 is 0.946 bits per heavy atom. The van der Waals surface area contributed by atoms with Crippen LogP contribution in [0.2, 0.25) is 0 Å². The molecule has 2 aromatic rings. The molecule has 1 saturated heterocycles. The number of H-pyrrole nitrogens is 1. The summed E-state index contributed by atoms with van der Waals surface area (Å²) >= 11 is 0. The van der Waals surface area contributed by atoms with Crippen LogP contribution >= 0.6 is 0 Å². The van der Waals surface area contributed by atoms with Crippen molar-refractivity contribution in [1.29, 1.82) is 0 Å². The van der Waals surface area contributed by atoms with Crippen LogP contribution in [0.15, 0.2) is 24.4 Å². The minimum atomic E-state index is -1.53. The average Bonchev–Trinajstić information content (AvgIpc) is 3.22. The molecule has 2 heterocycles. The van der Waals surface area contributed by atoms with Crippen LogP contribution in [0.25, 0.3) is 10.9 Å². The number of hydrogen-bond donors (Lipinski definition) is 1. The minimum Gasteiger partial charge on any atom is -0.467 e. The van der Waals surface area contributed by atoms with E-state index in [9.17, 15) is 19.2 Å². The van der Waals surface area contributed by atoms with Gasteiger partial charge in [0.05, 0.1) is 7.11 Å². The van der Waals surface area contributed by atoms with Crippen molar-refractivity contribution in [3.8, 4) is 5.75 Å². The Morgan fingerprint density at radius 3 is 2.16 bits per heavy atom. The van der Waals surface area contributed by atoms with Crippen LogP contribution < -0.4 is 4.74 Å². The number of hydrogen-bond acceptors (Lipinski definition) is 11. The van der Waals surface area contributed by atoms with E-state index in [0.29, 0.717) is 5.75 Å². The molecular formula is C25H32N2O10. The lowest BCUT2D eigenvalue weighted by Gasteiger charge is -2.43. The summed E-state index contributed by atoms with van der Waals surface area (Å²) in [5.41, 5.74) is 1.96. The number of methoxy groups -OCH3 is 1. The molecule has 0 radical (unpaired) electrons. The maximum absolute atomic E-state index is 12.6. The van der Waals surface area contributed by atoms with Crippen molar-refractivity contribution in [1.82, 2.24) is 9.88 Å². The summed E-state index contributed by atoms with van der Waals surface area (Å²) in [7, 11) is 5.10. The van der Waals surface area contributed by atoms with E-state index in [0.717, 1.165) is 57.3 Å². The van der Waals surface area contributed by atoms with Crippen molar-refractivity contribution in [2.24, 2.45) is 0 Å². The number of nitrogens with one attached hydrogen (secondary N) is 1. The van der Waals surface area contributed by atoms with E-state index in [1.54, 1.807) is 12.1 Å². The zero-order valence-corrected chi connectivity index (χ0v) is 21.6. The van der Waals surface area contributed by atoms with Crippen LogP contribution in [0.1, 0.15) is 26.3 Å². The SMILES string of the molecule is COC(=O)[C@H]1O[C@@H](Oc2ccc3[nH]cc(CCN(C)C)c3c2)[C@H](OC(C)=O)[C@@H](OC(C)=O)[C@@H]1OC(C)=O. The zero-order chi connectivity index (χ0) is 27.3. The monoisotopic (exact) mass is 520 g/mol. The van der Waals surface area contributed by atoms with E-state index in [1.807, 2.05) is 26.4 Å². The second-order valence-electron chi connectivity index (χ2n) is 8.86. The summed E-state index contributed by atoms with van der Waals surface area (Å²) in [4.78, 5) is 53.6. The predicted octanol–water partition coefficient (Wildman–Crippen LogP) is 1.34. The molecule has 0 unspecified atom stereocenters. The number of fused-ring (bicyclic) bond motifs is 1. The third-order valence-electron chi connectivity index (χ3n) is 5.65. The Hall–Kier alpha value is -3.64. The van der Waals surface area contributed by atoms with E-state index in [1.165, 1.54) is 0 Å². The first-order valence-corrected chi connectivity index (χ1v) is 11.7. The second-order valence-corrected chi connectivity index (χ2v) is 8.86. The highest BCUT2D eigenvalue weighted by molar-refractivity contribution is 5.84. The molecule has 1 aliphatic heterocycles. The van der Waals surface area contributed by atoms with Crippen molar-refractivity contribution in [3.63, 3.8) is 0 Å². The molecule has 37 heavy (non-hydrogen) atoms. The van der Waals surface area contributed by atoms with Crippen LogP contribution in [0.3, 0.4) is 0 Å². The first-order chi connectivity index (χ1) is 17.5. The molecule has 5 atom stereocenters. The summed E-state index contributed by atoms with van der Waals surface area (Å²) in [5.74, 6) is -2.82. The molecule has 0 amide bonds. The highest BCUT2D eigenvalue weighted by Crippen LogP contribution is 2.32. The molecule has 0 aliphatic carbocycles. The lowest BCUT2D eigenvalue weighted by atomic mass is 9.97. The highest BCUT2D eigenvalue weighted by Gasteiger charge is 2.55. The van der Waals surface area contributed by atoms with Gasteiger partial charge >= 0.3 is 23.9 Å². The van der Waals surface area contributed by atoms with Gasteiger partial charge < -0.3 is 38.3 Å². The fourth-order valence-corrected chi connectivity index (χ4v) is 4.09. The molecule has 0 spiro atoms. The standard InChI is InChI=1S/C25H32N2O10/c1-13(28)33-20-21(34-14(2)29)23(35-15(3)30)25(37-22(20)24(31)32-6)36-17-7-8-19-18(11-17)16(12-26-19)9-10-27(4)5/h7-8,11-12,20-23,25-26H,9-10H2,1-6H3/t20-,21-,22-,23+,25+/m0/s1. The van der Waals surface area contributed by atoms with E-state index >= 15 is 0 Å². The molecular weight excluding hydrogens is 488 g/mol. The van der Waals surface area contributed by atoms with E-state index in [-0.39, 0.29) is 0 Å². The molecule has 12 nitrogen and oxygen atoms in total. The molecule has 1 fully saturated rings. The van der Waals surface area contributed by atoms with Crippen molar-refractivity contribution >= 4 is 34.8 Å². The molecule has 1 aliphatic rings. The number of carbonyl (C=O) groups excluding carboxylic acids is 4. The van der Waals surface area contributed by atoms with Gasteiger partial charge in [-0.25, -0.2) is 4.79 Å². The van der Waals surface area contributed by atoms with E-state index in [4.69, 9.17) is 28.4 Å². The fraction of sp³-hybridized carbons (Fsp3) is 0.520. The number of nitrogens with zero attached hydrogens (tertiary/aromatic N) is 1. The average molecular weight is 521 g/mol. The topological polar surface area (TPSA) is 143 Å². The summed E-state index contributed by atoms with van der Waals surface area (Å²) in [6.45, 7) is 4.23. The number of likely N-dealkylation sites (N-methyl/N-ethyl adjacent to an activating group) is 1. The van der Waals surface area contributed by atoms with Crippen molar-refractivity contribution < 1.29 is 47.6 Å². The predicted molar refractivity (Wildman–Crippen MR) is 129 cm³/mol. The van der Waals surface area contributed by atoms with Gasteiger partial charge in [0.2, 0.25) is 12.4 Å². The Kier molecular flexibility index (Phi) is 9.11. The third kappa shape index (κ3) is 6.98. The maximum Gasteiger partial charge on any atom is 0.339 e. The van der Waals surface area contributed by atoms with Crippen LogP contribution in [0, 0.1) is 0 Å². The lowest BCUT2D eigenvalue weighted by Crippen LogP contribution is -2.64. The van der Waals surface area contributed by atoms with Crippen LogP contribution in [-0.4, -0.2) is 92.2 Å². The van der Waals surface area contributed by atoms with E-state index in [2.05, 4.69) is 9.88 Å². The van der Waals surface area contributed by atoms with Gasteiger partial charge in [-0.05, 0) is 44.3 Å². The Bertz CT molecular complexity index is 1140. The van der Waals surface area contributed by atoms with Crippen molar-refractivity contribution in [2.45, 2.75) is 57.9 Å². The summed E-state index contributed by atoms with van der Waals surface area (Å²) in [6.07, 6.45) is -4.48. The van der Waals surface area contributed by atoms with Crippen molar-refractivity contribution in [3.05, 3.63) is 30.0 Å². The zero-order valence-electron chi connectivity index (χ0n) is 21.6. The Morgan fingerprint density at radius 2 is 1.57 bits per heavy atom. The minimum absolute atomic E-state index is 0.344. The smallest absolute Gasteiger partial charge is 0.339 e. The van der Waals surface area contributed by atoms with Gasteiger partial charge in [0.15, 0.2) is 18.3 Å². The van der Waals surface area contributed by atoms with Gasteiger partial charge in [-0.15, -0.1) is 0 Å². The first-order valence-electron chi connectivity index (χ1n) is 11.7. The van der Waals surface area contributed by atoms with Gasteiger partial charge in [-0.2, -0.15) is 0 Å². The maximum atomic E-state index is 12.6. The number of aromatic amines is 1. The van der Waals surface area contributed by atoms with E-state index < -0.39 is 54.6 Å². The summed E-state index contributed by atoms with van der Waals surface area (Å²) < 4.78 is 32.7. The quantitative estimate of drug-likeness (QED) is 0.378. The summed E-state index contributed by atoms with van der Waals surface area (Å²) in [6, 6.07) is 5.28. The largest absolute Gasteiger partial charge is 0.467 e. The number of aromatic nitrogens is 1. The molecule has 0 saturated carbocycles. The fourth-order valence-electron chi connectivity index (χ4n) is 4.09. The Balaban J connectivity index is 2.00. The van der Waals surface area contributed by atoms with Gasteiger partial charge in [0.1, 0.15) is 5.75 Å². The number of benzene rings is 1. The lowest BCUT2D eigenvalue weighted by molar-refractivity contribution is -0.282. The number of carbonyl (C=O) groups is 4. The Labute approximate surface area is 214 Å². The molecule has 1 aromatic heterocycles. The highest BCUT2D eigenvalue weighted by atomic mass is 16.7. The molecule has 1 N–H and O–H groups in total. The van der Waals surface area contributed by atoms with Crippen molar-refractivity contribution in [2.75, 3.05) is 27.7 Å². The van der Waals surface area contributed by atoms with Crippen LogP contribution in [0.4, 0.5) is 0 Å².